The number of ether oxygens (including phenoxy) is 1. The molecule has 0 fully saturated rings. The molecule has 0 saturated heterocycles. The fourth-order valence-electron chi connectivity index (χ4n) is 3.03. The molecule has 0 atom stereocenters. The number of benzene rings is 4. The monoisotopic (exact) mass is 380 g/mol. The van der Waals surface area contributed by atoms with Crippen molar-refractivity contribution in [2.75, 3.05) is 0 Å². The summed E-state index contributed by atoms with van der Waals surface area (Å²) in [6.45, 7) is 0.394. The van der Waals surface area contributed by atoms with Crippen molar-refractivity contribution in [3.05, 3.63) is 114 Å². The first-order valence-corrected chi connectivity index (χ1v) is 9.37. The number of hydrogen-bond donors (Lipinski definition) is 1. The third-order valence-corrected chi connectivity index (χ3v) is 4.52. The Morgan fingerprint density at radius 2 is 1.55 bits per heavy atom. The minimum Gasteiger partial charge on any atom is -0.488 e. The molecule has 0 heterocycles. The fraction of sp³-hybridized carbons (Fsp3) is 0.0400. The van der Waals surface area contributed by atoms with E-state index in [0.717, 1.165) is 21.9 Å². The molecule has 0 unspecified atom stereocenters. The van der Waals surface area contributed by atoms with Crippen molar-refractivity contribution in [2.24, 2.45) is 5.10 Å². The molecule has 142 valence electrons. The summed E-state index contributed by atoms with van der Waals surface area (Å²) in [6, 6.07) is 31.1. The molecule has 4 aromatic carbocycles. The minimum absolute atomic E-state index is 0.314. The first kappa shape index (κ1) is 18.4. The molecule has 0 bridgehead atoms. The van der Waals surface area contributed by atoms with Crippen molar-refractivity contribution in [2.45, 2.75) is 6.61 Å². The second kappa shape index (κ2) is 8.85. The lowest BCUT2D eigenvalue weighted by atomic mass is 10.1. The lowest BCUT2D eigenvalue weighted by molar-refractivity contribution is 0.0950. The maximum absolute atomic E-state index is 12.6. The van der Waals surface area contributed by atoms with Gasteiger partial charge in [0, 0.05) is 0 Å². The Balaban J connectivity index is 1.43. The number of carbonyl (C=O) groups excluding carboxylic acids is 1. The number of nitrogens with zero attached hydrogens (tertiary/aromatic N) is 1. The molecular weight excluding hydrogens is 360 g/mol. The molecule has 4 nitrogen and oxygen atoms in total. The van der Waals surface area contributed by atoms with Gasteiger partial charge in [0.05, 0.1) is 11.8 Å². The maximum atomic E-state index is 12.6. The largest absolute Gasteiger partial charge is 0.488 e. The van der Waals surface area contributed by atoms with Gasteiger partial charge >= 0.3 is 0 Å². The predicted molar refractivity (Wildman–Crippen MR) is 116 cm³/mol. The lowest BCUT2D eigenvalue weighted by Gasteiger charge is -2.10. The summed E-state index contributed by atoms with van der Waals surface area (Å²) < 4.78 is 5.84. The number of rotatable bonds is 6. The molecule has 0 spiro atoms. The van der Waals surface area contributed by atoms with Crippen LogP contribution in [0.3, 0.4) is 0 Å². The minimum atomic E-state index is -0.314. The third kappa shape index (κ3) is 4.68. The van der Waals surface area contributed by atoms with Gasteiger partial charge in [-0.05, 0) is 40.1 Å². The number of hydrogen-bond acceptors (Lipinski definition) is 3. The van der Waals surface area contributed by atoms with Gasteiger partial charge in [-0.25, -0.2) is 5.43 Å². The molecule has 0 aliphatic carbocycles. The molecule has 4 rings (SSSR count). The van der Waals surface area contributed by atoms with E-state index in [9.17, 15) is 4.79 Å². The van der Waals surface area contributed by atoms with Crippen LogP contribution in [0.4, 0.5) is 0 Å². The summed E-state index contributed by atoms with van der Waals surface area (Å²) in [4.78, 5) is 12.6. The van der Waals surface area contributed by atoms with Crippen LogP contribution in [0, 0.1) is 0 Å². The topological polar surface area (TPSA) is 50.7 Å². The fourth-order valence-corrected chi connectivity index (χ4v) is 3.03. The predicted octanol–water partition coefficient (Wildman–Crippen LogP) is 5.18. The Morgan fingerprint density at radius 3 is 2.41 bits per heavy atom. The van der Waals surface area contributed by atoms with E-state index in [1.165, 1.54) is 0 Å². The van der Waals surface area contributed by atoms with Crippen LogP contribution in [0.5, 0.6) is 5.75 Å². The Bertz CT molecular complexity index is 1150. The summed E-state index contributed by atoms with van der Waals surface area (Å²) >= 11 is 0. The van der Waals surface area contributed by atoms with Gasteiger partial charge < -0.3 is 4.74 Å². The molecular formula is C25H20N2O2. The van der Waals surface area contributed by atoms with E-state index < -0.39 is 0 Å². The van der Waals surface area contributed by atoms with Gasteiger partial charge in [0.25, 0.3) is 5.91 Å². The van der Waals surface area contributed by atoms with E-state index >= 15 is 0 Å². The van der Waals surface area contributed by atoms with Crippen molar-refractivity contribution in [3.8, 4) is 5.75 Å². The average Bonchev–Trinajstić information content (AvgIpc) is 2.78. The number of fused-ring (bicyclic) bond motifs is 1. The summed E-state index contributed by atoms with van der Waals surface area (Å²) in [5.41, 5.74) is 4.98. The maximum Gasteiger partial charge on any atom is 0.275 e. The standard InChI is InChI=1S/C25H20N2O2/c28-25(27-26-17-20-14-15-21-10-4-5-11-22(21)16-20)23-12-6-7-13-24(23)29-18-19-8-2-1-3-9-19/h1-17H,18H2,(H,27,28)/b26-17-. The first-order valence-electron chi connectivity index (χ1n) is 9.37. The highest BCUT2D eigenvalue weighted by Crippen LogP contribution is 2.19. The number of para-hydroxylation sites is 1. The van der Waals surface area contributed by atoms with E-state index in [1.54, 1.807) is 24.4 Å². The van der Waals surface area contributed by atoms with Gasteiger partial charge in [0.15, 0.2) is 0 Å². The van der Waals surface area contributed by atoms with Crippen LogP contribution in [-0.4, -0.2) is 12.1 Å². The molecule has 0 saturated carbocycles. The van der Waals surface area contributed by atoms with Crippen LogP contribution < -0.4 is 10.2 Å². The van der Waals surface area contributed by atoms with Crippen LogP contribution in [0.25, 0.3) is 10.8 Å². The highest BCUT2D eigenvalue weighted by molar-refractivity contribution is 5.97. The summed E-state index contributed by atoms with van der Waals surface area (Å²) in [6.07, 6.45) is 1.64. The van der Waals surface area contributed by atoms with Crippen LogP contribution in [0.2, 0.25) is 0 Å². The highest BCUT2D eigenvalue weighted by Gasteiger charge is 2.11. The molecule has 0 aliphatic heterocycles. The molecule has 4 aromatic rings. The first-order chi connectivity index (χ1) is 14.3. The van der Waals surface area contributed by atoms with Gasteiger partial charge in [0.1, 0.15) is 12.4 Å². The van der Waals surface area contributed by atoms with Crippen molar-refractivity contribution in [1.82, 2.24) is 5.43 Å². The quantitative estimate of drug-likeness (QED) is 0.370. The number of nitrogens with one attached hydrogen (secondary N) is 1. The molecule has 4 heteroatoms. The van der Waals surface area contributed by atoms with Crippen LogP contribution >= 0.6 is 0 Å². The van der Waals surface area contributed by atoms with E-state index in [4.69, 9.17) is 4.74 Å². The van der Waals surface area contributed by atoms with Crippen LogP contribution in [-0.2, 0) is 6.61 Å². The second-order valence-electron chi connectivity index (χ2n) is 6.58. The van der Waals surface area contributed by atoms with Gasteiger partial charge in [-0.2, -0.15) is 5.10 Å². The van der Waals surface area contributed by atoms with Crippen LogP contribution in [0.15, 0.2) is 102 Å². The molecule has 1 amide bonds. The zero-order valence-electron chi connectivity index (χ0n) is 15.8. The molecule has 0 aromatic heterocycles. The van der Waals surface area contributed by atoms with Gasteiger partial charge in [-0.15, -0.1) is 0 Å². The summed E-state index contributed by atoms with van der Waals surface area (Å²) in [5, 5.41) is 6.40. The van der Waals surface area contributed by atoms with E-state index in [-0.39, 0.29) is 5.91 Å². The Morgan fingerprint density at radius 1 is 0.828 bits per heavy atom. The SMILES string of the molecule is O=C(N/N=C\c1ccc2ccccc2c1)c1ccccc1OCc1ccccc1. The molecule has 0 radical (unpaired) electrons. The molecule has 1 N–H and O–H groups in total. The average molecular weight is 380 g/mol. The normalized spacial score (nSPS) is 10.9. The van der Waals surface area contributed by atoms with Crippen LogP contribution in [0.1, 0.15) is 21.5 Å². The summed E-state index contributed by atoms with van der Waals surface area (Å²) in [5.74, 6) is 0.209. The molecule has 0 aliphatic rings. The smallest absolute Gasteiger partial charge is 0.275 e. The zero-order valence-corrected chi connectivity index (χ0v) is 15.8. The summed E-state index contributed by atoms with van der Waals surface area (Å²) in [7, 11) is 0. The van der Waals surface area contributed by atoms with Crippen molar-refractivity contribution in [1.29, 1.82) is 0 Å². The third-order valence-electron chi connectivity index (χ3n) is 4.52. The van der Waals surface area contributed by atoms with E-state index in [0.29, 0.717) is 17.9 Å². The number of carbonyl (C=O) groups is 1. The van der Waals surface area contributed by atoms with Gasteiger partial charge in [-0.3, -0.25) is 4.79 Å². The van der Waals surface area contributed by atoms with Gasteiger partial charge in [0.2, 0.25) is 0 Å². The molecule has 29 heavy (non-hydrogen) atoms. The van der Waals surface area contributed by atoms with Gasteiger partial charge in [-0.1, -0.05) is 78.9 Å². The lowest BCUT2D eigenvalue weighted by Crippen LogP contribution is -2.18. The van der Waals surface area contributed by atoms with E-state index in [1.807, 2.05) is 72.8 Å². The van der Waals surface area contributed by atoms with Crippen molar-refractivity contribution < 1.29 is 9.53 Å². The number of hydrazone groups is 1. The second-order valence-corrected chi connectivity index (χ2v) is 6.58. The van der Waals surface area contributed by atoms with Crippen molar-refractivity contribution >= 4 is 22.9 Å². The highest BCUT2D eigenvalue weighted by atomic mass is 16.5. The van der Waals surface area contributed by atoms with E-state index in [2.05, 4.69) is 16.6 Å². The zero-order chi connectivity index (χ0) is 19.9. The Kier molecular flexibility index (Phi) is 5.63. The van der Waals surface area contributed by atoms with Crippen molar-refractivity contribution in [3.63, 3.8) is 0 Å². The Labute approximate surface area is 169 Å². The number of amides is 1. The Hall–Kier alpha value is -3.92.